The Morgan fingerprint density at radius 1 is 1.25 bits per heavy atom. The highest BCUT2D eigenvalue weighted by Crippen LogP contribution is 2.30. The molecule has 32 heavy (non-hydrogen) atoms. The Morgan fingerprint density at radius 3 is 2.72 bits per heavy atom. The summed E-state index contributed by atoms with van der Waals surface area (Å²) in [4.78, 5) is 17.6. The van der Waals surface area contributed by atoms with E-state index in [9.17, 15) is 23.3 Å². The summed E-state index contributed by atoms with van der Waals surface area (Å²) in [7, 11) is 0. The number of anilines is 1. The van der Waals surface area contributed by atoms with Crippen LogP contribution in [0.1, 0.15) is 16.7 Å². The molecule has 0 aliphatic carbocycles. The van der Waals surface area contributed by atoms with Crippen molar-refractivity contribution in [2.75, 3.05) is 11.9 Å². The van der Waals surface area contributed by atoms with Crippen LogP contribution in [0.15, 0.2) is 48.9 Å². The van der Waals surface area contributed by atoms with Gasteiger partial charge in [0.1, 0.15) is 18.9 Å². The van der Waals surface area contributed by atoms with Gasteiger partial charge in [-0.3, -0.25) is 9.55 Å². The molecule has 0 fully saturated rings. The largest absolute Gasteiger partial charge is 0.443 e. The second-order valence-electron chi connectivity index (χ2n) is 7.17. The van der Waals surface area contributed by atoms with Gasteiger partial charge in [-0.05, 0) is 22.1 Å². The van der Waals surface area contributed by atoms with Crippen LogP contribution in [0.25, 0.3) is 0 Å². The molecule has 0 bridgehead atoms. The molecule has 0 saturated carbocycles. The topological polar surface area (TPSA) is 104 Å². The second kappa shape index (κ2) is 8.83. The summed E-state index contributed by atoms with van der Waals surface area (Å²) in [6.45, 7) is 1.28. The summed E-state index contributed by atoms with van der Waals surface area (Å²) in [5, 5.41) is 13.7. The summed E-state index contributed by atoms with van der Waals surface area (Å²) >= 11 is 0. The fourth-order valence-electron chi connectivity index (χ4n) is 3.12. The summed E-state index contributed by atoms with van der Waals surface area (Å²) in [5.41, 5.74) is 1.25. The van der Waals surface area contributed by atoms with Gasteiger partial charge in [0.2, 0.25) is 0 Å². The Labute approximate surface area is 180 Å². The molecule has 3 aromatic rings. The first-order valence-corrected chi connectivity index (χ1v) is 9.58. The van der Waals surface area contributed by atoms with E-state index in [-0.39, 0.29) is 30.2 Å². The third kappa shape index (κ3) is 5.14. The molecular weight excluding hydrogens is 431 g/mol. The van der Waals surface area contributed by atoms with Gasteiger partial charge in [0, 0.05) is 23.9 Å². The molecule has 3 heterocycles. The second-order valence-corrected chi connectivity index (χ2v) is 7.17. The molecule has 0 unspecified atom stereocenters. The molecule has 1 aliphatic heterocycles. The van der Waals surface area contributed by atoms with Gasteiger partial charge >= 0.3 is 18.0 Å². The van der Waals surface area contributed by atoms with E-state index in [0.29, 0.717) is 19.7 Å². The smallest absolute Gasteiger partial charge is 0.417 e. The van der Waals surface area contributed by atoms with Crippen molar-refractivity contribution in [3.8, 4) is 6.01 Å². The van der Waals surface area contributed by atoms with E-state index in [1.165, 1.54) is 12.4 Å². The Kier molecular flexibility index (Phi) is 5.95. The van der Waals surface area contributed by atoms with Crippen molar-refractivity contribution >= 4 is 11.5 Å². The minimum Gasteiger partial charge on any atom is -0.443 e. The first kappa shape index (κ1) is 21.6. The van der Waals surface area contributed by atoms with Crippen LogP contribution in [0, 0.1) is 10.1 Å². The van der Waals surface area contributed by atoms with Gasteiger partial charge in [0.05, 0.1) is 24.4 Å². The molecule has 12 heteroatoms. The maximum Gasteiger partial charge on any atom is 0.417 e. The predicted molar refractivity (Wildman–Crippen MR) is 106 cm³/mol. The number of aromatic nitrogens is 3. The van der Waals surface area contributed by atoms with Gasteiger partial charge in [-0.15, -0.1) is 0 Å². The van der Waals surface area contributed by atoms with Crippen molar-refractivity contribution < 1.29 is 27.6 Å². The average Bonchev–Trinajstić information content (AvgIpc) is 3.20. The molecule has 1 aliphatic rings. The fourth-order valence-corrected chi connectivity index (χ4v) is 3.12. The Morgan fingerprint density at radius 2 is 2.00 bits per heavy atom. The number of nitrogens with one attached hydrogen (secondary N) is 1. The molecule has 0 saturated heterocycles. The molecular formula is C20H18F3N5O4. The number of imidazole rings is 1. The SMILES string of the molecule is O=[N+]([O-])c1cn2c(n1)OC[C@@H](OCc1ccc(CNc3cncc(C(F)(F)F)c3)cc1)C2. The van der Waals surface area contributed by atoms with Gasteiger partial charge in [-0.2, -0.15) is 13.2 Å². The Bertz CT molecular complexity index is 1100. The van der Waals surface area contributed by atoms with Gasteiger partial charge in [0.25, 0.3) is 0 Å². The lowest BCUT2D eigenvalue weighted by molar-refractivity contribution is -0.389. The van der Waals surface area contributed by atoms with E-state index in [4.69, 9.17) is 9.47 Å². The molecule has 0 amide bonds. The molecule has 0 radical (unpaired) electrons. The van der Waals surface area contributed by atoms with Crippen LogP contribution < -0.4 is 10.1 Å². The maximum absolute atomic E-state index is 12.8. The van der Waals surface area contributed by atoms with Crippen LogP contribution >= 0.6 is 0 Å². The van der Waals surface area contributed by atoms with Gasteiger partial charge < -0.3 is 24.9 Å². The number of hydrogen-bond donors (Lipinski definition) is 1. The van der Waals surface area contributed by atoms with E-state index < -0.39 is 16.7 Å². The normalized spacial score (nSPS) is 15.7. The van der Waals surface area contributed by atoms with Crippen molar-refractivity contribution in [3.63, 3.8) is 0 Å². The van der Waals surface area contributed by atoms with Crippen LogP contribution in [-0.4, -0.2) is 32.2 Å². The zero-order chi connectivity index (χ0) is 22.7. The van der Waals surface area contributed by atoms with Gasteiger partial charge in [0.15, 0.2) is 0 Å². The third-order valence-corrected chi connectivity index (χ3v) is 4.78. The van der Waals surface area contributed by atoms with E-state index in [0.717, 1.165) is 23.4 Å². The molecule has 9 nitrogen and oxygen atoms in total. The number of nitrogens with zero attached hydrogens (tertiary/aromatic N) is 4. The Hall–Kier alpha value is -3.67. The highest BCUT2D eigenvalue weighted by atomic mass is 19.4. The summed E-state index contributed by atoms with van der Waals surface area (Å²) in [6.07, 6.45) is -1.29. The maximum atomic E-state index is 12.8. The zero-order valence-electron chi connectivity index (χ0n) is 16.6. The number of rotatable bonds is 7. The highest BCUT2D eigenvalue weighted by Gasteiger charge is 2.31. The number of nitro groups is 1. The van der Waals surface area contributed by atoms with Crippen molar-refractivity contribution in [1.82, 2.24) is 14.5 Å². The Balaban J connectivity index is 1.27. The molecule has 0 spiro atoms. The number of ether oxygens (including phenoxy) is 2. The van der Waals surface area contributed by atoms with Crippen LogP contribution in [-0.2, 0) is 30.6 Å². The van der Waals surface area contributed by atoms with Crippen molar-refractivity contribution in [2.45, 2.75) is 32.0 Å². The molecule has 168 valence electrons. The standard InChI is InChI=1S/C20H18F3N5O4/c21-20(22,23)15-5-16(8-24-7-15)25-6-13-1-3-14(4-2-13)11-31-17-9-27-10-18(28(29)30)26-19(27)32-12-17/h1-5,7-8,10,17,25H,6,9,11-12H2/t17-/m0/s1. The van der Waals surface area contributed by atoms with Crippen LogP contribution in [0.5, 0.6) is 6.01 Å². The number of benzene rings is 1. The number of fused-ring (bicyclic) bond motifs is 1. The van der Waals surface area contributed by atoms with E-state index in [1.807, 2.05) is 24.3 Å². The van der Waals surface area contributed by atoms with E-state index in [1.54, 1.807) is 4.57 Å². The van der Waals surface area contributed by atoms with Gasteiger partial charge in [-0.1, -0.05) is 24.3 Å². The molecule has 1 aromatic carbocycles. The average molecular weight is 449 g/mol. The summed E-state index contributed by atoms with van der Waals surface area (Å²) in [5.74, 6) is -0.272. The zero-order valence-corrected chi connectivity index (χ0v) is 16.6. The van der Waals surface area contributed by atoms with E-state index >= 15 is 0 Å². The van der Waals surface area contributed by atoms with Gasteiger partial charge in [-0.25, -0.2) is 0 Å². The number of hydrogen-bond acceptors (Lipinski definition) is 7. The van der Waals surface area contributed by atoms with Crippen LogP contribution in [0.3, 0.4) is 0 Å². The highest BCUT2D eigenvalue weighted by molar-refractivity contribution is 5.44. The molecule has 2 aromatic heterocycles. The third-order valence-electron chi connectivity index (χ3n) is 4.78. The van der Waals surface area contributed by atoms with Crippen LogP contribution in [0.2, 0.25) is 0 Å². The summed E-state index contributed by atoms with van der Waals surface area (Å²) < 4.78 is 51.1. The lowest BCUT2D eigenvalue weighted by Gasteiger charge is -2.22. The van der Waals surface area contributed by atoms with Crippen LogP contribution in [0.4, 0.5) is 24.7 Å². The number of pyridine rings is 1. The number of halogens is 3. The first-order valence-electron chi connectivity index (χ1n) is 9.58. The lowest BCUT2D eigenvalue weighted by atomic mass is 10.1. The molecule has 1 N–H and O–H groups in total. The minimum absolute atomic E-state index is 0.198. The quantitative estimate of drug-likeness (QED) is 0.432. The van der Waals surface area contributed by atoms with Crippen molar-refractivity contribution in [1.29, 1.82) is 0 Å². The minimum atomic E-state index is -4.44. The summed E-state index contributed by atoms with van der Waals surface area (Å²) in [6, 6.07) is 8.63. The van der Waals surface area contributed by atoms with Crippen molar-refractivity contribution in [3.05, 3.63) is 75.7 Å². The van der Waals surface area contributed by atoms with Crippen molar-refractivity contribution in [2.24, 2.45) is 0 Å². The van der Waals surface area contributed by atoms with E-state index in [2.05, 4.69) is 15.3 Å². The molecule has 1 atom stereocenters. The predicted octanol–water partition coefficient (Wildman–Crippen LogP) is 3.80. The fraction of sp³-hybridized carbons (Fsp3) is 0.300. The molecule has 4 rings (SSSR count). The monoisotopic (exact) mass is 449 g/mol. The lowest BCUT2D eigenvalue weighted by Crippen LogP contribution is -2.32. The number of alkyl halides is 3. The first-order chi connectivity index (χ1) is 15.3.